The van der Waals surface area contributed by atoms with Gasteiger partial charge in [0.15, 0.2) is 0 Å². The van der Waals surface area contributed by atoms with Crippen molar-refractivity contribution in [2.75, 3.05) is 18.9 Å². The molecule has 0 aromatic heterocycles. The van der Waals surface area contributed by atoms with Crippen LogP contribution in [0.2, 0.25) is 0 Å². The van der Waals surface area contributed by atoms with Crippen molar-refractivity contribution in [3.8, 4) is 0 Å². The van der Waals surface area contributed by atoms with Gasteiger partial charge >= 0.3 is 6.18 Å². The lowest BCUT2D eigenvalue weighted by atomic mass is 10.1. The van der Waals surface area contributed by atoms with E-state index < -0.39 is 17.6 Å². The molecule has 0 amide bonds. The van der Waals surface area contributed by atoms with Crippen LogP contribution in [0.15, 0.2) is 18.2 Å². The van der Waals surface area contributed by atoms with Crippen molar-refractivity contribution in [1.29, 1.82) is 0 Å². The van der Waals surface area contributed by atoms with Gasteiger partial charge < -0.3 is 10.2 Å². The highest BCUT2D eigenvalue weighted by Gasteiger charge is 2.32. The summed E-state index contributed by atoms with van der Waals surface area (Å²) in [6, 6.07) is 2.75. The monoisotopic (exact) mass is 276 g/mol. The summed E-state index contributed by atoms with van der Waals surface area (Å²) in [5, 5.41) is 2.87. The lowest BCUT2D eigenvalue weighted by molar-refractivity contribution is -0.137. The number of nitrogens with zero attached hydrogens (tertiary/aromatic N) is 1. The molecule has 0 bridgehead atoms. The molecular weight excluding hydrogens is 260 g/mol. The van der Waals surface area contributed by atoms with Crippen molar-refractivity contribution in [3.05, 3.63) is 29.6 Å². The standard InChI is InChI=1S/C13H16F4N2/c1-8-5-10(7-19(8)2)18-12-6-9(13(15,16)17)3-4-11(12)14/h3-4,6,8,10,18H,5,7H2,1-2H3. The Hall–Kier alpha value is -1.30. The van der Waals surface area contributed by atoms with E-state index in [0.717, 1.165) is 24.6 Å². The lowest BCUT2D eigenvalue weighted by Gasteiger charge is -2.16. The van der Waals surface area contributed by atoms with Gasteiger partial charge in [0.05, 0.1) is 11.3 Å². The average Bonchev–Trinajstić information content (AvgIpc) is 2.59. The Morgan fingerprint density at radius 1 is 1.32 bits per heavy atom. The SMILES string of the molecule is CC1CC(Nc2cc(C(F)(F)F)ccc2F)CN1C. The van der Waals surface area contributed by atoms with Gasteiger partial charge in [-0.2, -0.15) is 13.2 Å². The first-order valence-corrected chi connectivity index (χ1v) is 6.11. The number of halogens is 4. The fourth-order valence-electron chi connectivity index (χ4n) is 2.33. The van der Waals surface area contributed by atoms with Crippen LogP contribution in [0, 0.1) is 5.82 Å². The number of benzene rings is 1. The zero-order valence-electron chi connectivity index (χ0n) is 10.8. The van der Waals surface area contributed by atoms with Crippen LogP contribution in [0.5, 0.6) is 0 Å². The topological polar surface area (TPSA) is 15.3 Å². The maximum atomic E-state index is 13.6. The molecule has 1 fully saturated rings. The fraction of sp³-hybridized carbons (Fsp3) is 0.538. The maximum absolute atomic E-state index is 13.6. The van der Waals surface area contributed by atoms with E-state index >= 15 is 0 Å². The third-order valence-electron chi connectivity index (χ3n) is 3.54. The lowest BCUT2D eigenvalue weighted by Crippen LogP contribution is -2.25. The van der Waals surface area contributed by atoms with Crippen LogP contribution in [-0.4, -0.2) is 30.6 Å². The third kappa shape index (κ3) is 3.18. The summed E-state index contributed by atoms with van der Waals surface area (Å²) >= 11 is 0. The second kappa shape index (κ2) is 5.00. The molecule has 1 aliphatic rings. The Labute approximate surface area is 109 Å². The van der Waals surface area contributed by atoms with E-state index in [1.807, 2.05) is 14.0 Å². The van der Waals surface area contributed by atoms with Crippen LogP contribution >= 0.6 is 0 Å². The van der Waals surface area contributed by atoms with E-state index in [4.69, 9.17) is 0 Å². The smallest absolute Gasteiger partial charge is 0.379 e. The highest BCUT2D eigenvalue weighted by Crippen LogP contribution is 2.32. The molecule has 1 aliphatic heterocycles. The summed E-state index contributed by atoms with van der Waals surface area (Å²) in [5.74, 6) is -0.657. The second-order valence-corrected chi connectivity index (χ2v) is 5.06. The molecule has 0 saturated carbocycles. The molecule has 2 nitrogen and oxygen atoms in total. The first-order valence-electron chi connectivity index (χ1n) is 6.11. The van der Waals surface area contributed by atoms with Gasteiger partial charge in [-0.25, -0.2) is 4.39 Å². The van der Waals surface area contributed by atoms with E-state index in [-0.39, 0.29) is 11.7 Å². The Balaban J connectivity index is 2.16. The van der Waals surface area contributed by atoms with Crippen LogP contribution in [-0.2, 0) is 6.18 Å². The largest absolute Gasteiger partial charge is 0.416 e. The summed E-state index contributed by atoms with van der Waals surface area (Å²) in [7, 11) is 1.94. The van der Waals surface area contributed by atoms with E-state index in [1.165, 1.54) is 0 Å². The minimum Gasteiger partial charge on any atom is -0.379 e. The number of likely N-dealkylation sites (N-methyl/N-ethyl adjacent to an activating group) is 1. The van der Waals surface area contributed by atoms with Crippen molar-refractivity contribution >= 4 is 5.69 Å². The summed E-state index contributed by atoms with van der Waals surface area (Å²) in [6.45, 7) is 2.72. The number of likely N-dealkylation sites (tertiary alicyclic amines) is 1. The molecule has 2 rings (SSSR count). The Morgan fingerprint density at radius 3 is 2.53 bits per heavy atom. The molecule has 1 aromatic carbocycles. The van der Waals surface area contributed by atoms with Gasteiger partial charge in [0.25, 0.3) is 0 Å². The zero-order valence-corrected chi connectivity index (χ0v) is 10.8. The molecule has 106 valence electrons. The molecule has 2 unspecified atom stereocenters. The number of anilines is 1. The molecule has 6 heteroatoms. The summed E-state index contributed by atoms with van der Waals surface area (Å²) in [4.78, 5) is 2.09. The normalized spacial score (nSPS) is 24.7. The molecule has 1 heterocycles. The van der Waals surface area contributed by atoms with Gasteiger partial charge in [0.1, 0.15) is 5.82 Å². The number of nitrogens with one attached hydrogen (secondary N) is 1. The van der Waals surface area contributed by atoms with Crippen molar-refractivity contribution in [1.82, 2.24) is 4.90 Å². The van der Waals surface area contributed by atoms with Gasteiger partial charge in [0, 0.05) is 18.6 Å². The average molecular weight is 276 g/mol. The van der Waals surface area contributed by atoms with Gasteiger partial charge in [-0.3, -0.25) is 0 Å². The number of alkyl halides is 3. The van der Waals surface area contributed by atoms with E-state index in [0.29, 0.717) is 12.6 Å². The van der Waals surface area contributed by atoms with Crippen LogP contribution < -0.4 is 5.32 Å². The van der Waals surface area contributed by atoms with Gasteiger partial charge in [-0.15, -0.1) is 0 Å². The molecule has 0 aliphatic carbocycles. The predicted octanol–water partition coefficient (Wildman–Crippen LogP) is 3.35. The van der Waals surface area contributed by atoms with Crippen molar-refractivity contribution in [2.24, 2.45) is 0 Å². The van der Waals surface area contributed by atoms with Crippen molar-refractivity contribution < 1.29 is 17.6 Å². The molecule has 1 aromatic rings. The molecule has 0 spiro atoms. The fourth-order valence-corrected chi connectivity index (χ4v) is 2.33. The van der Waals surface area contributed by atoms with Crippen molar-refractivity contribution in [3.63, 3.8) is 0 Å². The number of rotatable bonds is 2. The molecule has 2 atom stereocenters. The second-order valence-electron chi connectivity index (χ2n) is 5.06. The first kappa shape index (κ1) is 14.1. The van der Waals surface area contributed by atoms with Crippen LogP contribution in [0.3, 0.4) is 0 Å². The maximum Gasteiger partial charge on any atom is 0.416 e. The van der Waals surface area contributed by atoms with Crippen molar-refractivity contribution in [2.45, 2.75) is 31.6 Å². The van der Waals surface area contributed by atoms with Gasteiger partial charge in [0.2, 0.25) is 0 Å². The summed E-state index contributed by atoms with van der Waals surface area (Å²) in [5.41, 5.74) is -0.918. The molecule has 19 heavy (non-hydrogen) atoms. The Kier molecular flexibility index (Phi) is 3.71. The Bertz CT molecular complexity index is 448. The number of hydrogen-bond acceptors (Lipinski definition) is 2. The van der Waals surface area contributed by atoms with Crippen LogP contribution in [0.25, 0.3) is 0 Å². The number of hydrogen-bond donors (Lipinski definition) is 1. The zero-order chi connectivity index (χ0) is 14.2. The van der Waals surface area contributed by atoms with Gasteiger partial charge in [-0.05, 0) is 38.6 Å². The third-order valence-corrected chi connectivity index (χ3v) is 3.54. The Morgan fingerprint density at radius 2 is 2.00 bits per heavy atom. The molecular formula is C13H16F4N2. The highest BCUT2D eigenvalue weighted by molar-refractivity contribution is 5.49. The minimum atomic E-state index is -4.45. The van der Waals surface area contributed by atoms with Crippen LogP contribution in [0.1, 0.15) is 18.9 Å². The van der Waals surface area contributed by atoms with Crippen LogP contribution in [0.4, 0.5) is 23.2 Å². The molecule has 1 saturated heterocycles. The highest BCUT2D eigenvalue weighted by atomic mass is 19.4. The quantitative estimate of drug-likeness (QED) is 0.833. The molecule has 0 radical (unpaired) electrons. The van der Waals surface area contributed by atoms with Gasteiger partial charge in [-0.1, -0.05) is 0 Å². The summed E-state index contributed by atoms with van der Waals surface area (Å²) in [6.07, 6.45) is -3.67. The van der Waals surface area contributed by atoms with E-state index in [1.54, 1.807) is 0 Å². The predicted molar refractivity (Wildman–Crippen MR) is 65.5 cm³/mol. The van der Waals surface area contributed by atoms with E-state index in [2.05, 4.69) is 10.2 Å². The minimum absolute atomic E-state index is 0.0296. The summed E-state index contributed by atoms with van der Waals surface area (Å²) < 4.78 is 51.3. The first-order chi connectivity index (χ1) is 8.77. The molecule has 1 N–H and O–H groups in total. The van der Waals surface area contributed by atoms with E-state index in [9.17, 15) is 17.6 Å².